The maximum absolute atomic E-state index is 11.6. The van der Waals surface area contributed by atoms with Crippen LogP contribution in [0.15, 0.2) is 56.5 Å². The van der Waals surface area contributed by atoms with Gasteiger partial charge in [-0.2, -0.15) is 0 Å². The zero-order valence-electron chi connectivity index (χ0n) is 18.2. The Morgan fingerprint density at radius 1 is 1.09 bits per heavy atom. The van der Waals surface area contributed by atoms with E-state index in [0.717, 1.165) is 21.1 Å². The SMILES string of the molecule is CCOC(=O)CC(=O)CC.CCc1cc(=O)n2cc(Br)ccc2n1.Nc1ccc(Br)cn1. The van der Waals surface area contributed by atoms with Crippen LogP contribution in [0, 0.1) is 0 Å². The normalized spacial score (nSPS) is 9.78. The number of ether oxygens (including phenoxy) is 1. The first-order valence-electron chi connectivity index (χ1n) is 9.92. The zero-order chi connectivity index (χ0) is 24.1. The molecule has 0 amide bonds. The molecule has 0 atom stereocenters. The van der Waals surface area contributed by atoms with Crippen molar-refractivity contribution in [2.24, 2.45) is 0 Å². The number of carbonyl (C=O) groups is 2. The summed E-state index contributed by atoms with van der Waals surface area (Å²) < 4.78 is 7.91. The molecule has 0 unspecified atom stereocenters. The molecular weight excluding hydrogens is 544 g/mol. The number of hydrogen-bond acceptors (Lipinski definition) is 7. The maximum atomic E-state index is 11.6. The van der Waals surface area contributed by atoms with Gasteiger partial charge in [-0.1, -0.05) is 13.8 Å². The van der Waals surface area contributed by atoms with E-state index in [1.807, 2.05) is 25.1 Å². The van der Waals surface area contributed by atoms with Gasteiger partial charge in [-0.25, -0.2) is 9.97 Å². The molecule has 172 valence electrons. The molecule has 0 saturated heterocycles. The van der Waals surface area contributed by atoms with Crippen molar-refractivity contribution in [3.05, 3.63) is 67.7 Å². The minimum Gasteiger partial charge on any atom is -0.466 e. The van der Waals surface area contributed by atoms with Gasteiger partial charge < -0.3 is 10.5 Å². The van der Waals surface area contributed by atoms with Crippen molar-refractivity contribution < 1.29 is 14.3 Å². The summed E-state index contributed by atoms with van der Waals surface area (Å²) in [7, 11) is 0. The van der Waals surface area contributed by atoms with E-state index in [4.69, 9.17) is 5.73 Å². The summed E-state index contributed by atoms with van der Waals surface area (Å²) in [4.78, 5) is 40.9. The maximum Gasteiger partial charge on any atom is 0.313 e. The van der Waals surface area contributed by atoms with Crippen molar-refractivity contribution in [1.29, 1.82) is 0 Å². The Morgan fingerprint density at radius 2 is 1.78 bits per heavy atom. The topological polar surface area (TPSA) is 117 Å². The lowest BCUT2D eigenvalue weighted by Gasteiger charge is -2.02. The second-order valence-corrected chi connectivity index (χ2v) is 8.12. The van der Waals surface area contributed by atoms with Crippen LogP contribution < -0.4 is 11.3 Å². The molecule has 2 N–H and O–H groups in total. The Morgan fingerprint density at radius 3 is 2.31 bits per heavy atom. The number of ketones is 1. The summed E-state index contributed by atoms with van der Waals surface area (Å²) in [6.07, 6.45) is 4.49. The van der Waals surface area contributed by atoms with Crippen molar-refractivity contribution in [2.75, 3.05) is 12.3 Å². The Balaban J connectivity index is 0.000000252. The summed E-state index contributed by atoms with van der Waals surface area (Å²) in [6, 6.07) is 8.86. The van der Waals surface area contributed by atoms with Gasteiger partial charge >= 0.3 is 5.97 Å². The number of Topliss-reactive ketones (excluding diaryl/α,β-unsaturated/α-hetero) is 1. The molecule has 0 aliphatic heterocycles. The fourth-order valence-electron chi connectivity index (χ4n) is 2.19. The molecule has 3 aromatic heterocycles. The van der Waals surface area contributed by atoms with E-state index >= 15 is 0 Å². The molecule has 3 rings (SSSR count). The second kappa shape index (κ2) is 14.5. The number of nitrogens with zero attached hydrogens (tertiary/aromatic N) is 3. The van der Waals surface area contributed by atoms with E-state index in [1.165, 1.54) is 4.40 Å². The van der Waals surface area contributed by atoms with Gasteiger partial charge in [0.2, 0.25) is 0 Å². The largest absolute Gasteiger partial charge is 0.466 e. The monoisotopic (exact) mass is 568 g/mol. The molecule has 32 heavy (non-hydrogen) atoms. The van der Waals surface area contributed by atoms with Crippen LogP contribution in [0.2, 0.25) is 0 Å². The van der Waals surface area contributed by atoms with E-state index in [2.05, 4.69) is 46.6 Å². The smallest absolute Gasteiger partial charge is 0.313 e. The van der Waals surface area contributed by atoms with E-state index in [0.29, 0.717) is 24.5 Å². The highest BCUT2D eigenvalue weighted by molar-refractivity contribution is 9.10. The highest BCUT2D eigenvalue weighted by Gasteiger charge is 2.06. The van der Waals surface area contributed by atoms with E-state index in [-0.39, 0.29) is 17.8 Å². The number of aryl methyl sites for hydroxylation is 1. The molecule has 8 nitrogen and oxygen atoms in total. The number of hydrogen-bond donors (Lipinski definition) is 1. The number of aromatic nitrogens is 3. The standard InChI is InChI=1S/C10H9BrN2O.C7H12O3.C5H5BrN2/c1-2-8-5-10(14)13-6-7(11)3-4-9(13)12-8;1-3-6(8)5-7(9)10-4-2;6-4-1-2-5(7)8-3-4/h3-6H,2H2,1H3;3-5H2,1-2H3;1-3H,(H2,7,8). The lowest BCUT2D eigenvalue weighted by atomic mass is 10.2. The first-order chi connectivity index (χ1) is 15.2. The minimum atomic E-state index is -0.422. The average molecular weight is 570 g/mol. The van der Waals surface area contributed by atoms with Gasteiger partial charge in [0, 0.05) is 39.5 Å². The molecule has 0 saturated carbocycles. The third-order valence-corrected chi connectivity index (χ3v) is 4.77. The third-order valence-electron chi connectivity index (χ3n) is 3.83. The Labute approximate surface area is 203 Å². The van der Waals surface area contributed by atoms with Gasteiger partial charge in [0.1, 0.15) is 23.7 Å². The molecule has 0 spiro atoms. The Kier molecular flexibility index (Phi) is 12.4. The number of esters is 1. The number of halogens is 2. The highest BCUT2D eigenvalue weighted by Crippen LogP contribution is 2.09. The van der Waals surface area contributed by atoms with Crippen LogP contribution in [0.1, 0.15) is 39.3 Å². The van der Waals surface area contributed by atoms with Gasteiger partial charge in [-0.15, -0.1) is 0 Å². The summed E-state index contributed by atoms with van der Waals surface area (Å²) in [5.74, 6) is 0.0565. The van der Waals surface area contributed by atoms with Crippen molar-refractivity contribution >= 4 is 55.1 Å². The van der Waals surface area contributed by atoms with Gasteiger partial charge in [0.15, 0.2) is 0 Å². The first kappa shape index (κ1) is 27.4. The van der Waals surface area contributed by atoms with E-state index in [9.17, 15) is 14.4 Å². The van der Waals surface area contributed by atoms with Crippen molar-refractivity contribution in [2.45, 2.75) is 40.0 Å². The molecule has 0 aliphatic carbocycles. The van der Waals surface area contributed by atoms with Crippen LogP contribution in [0.25, 0.3) is 5.65 Å². The third kappa shape index (κ3) is 10.1. The molecule has 10 heteroatoms. The Hall–Kier alpha value is -2.59. The fourth-order valence-corrected chi connectivity index (χ4v) is 2.76. The molecule has 0 radical (unpaired) electrons. The predicted molar refractivity (Wildman–Crippen MR) is 131 cm³/mol. The molecule has 3 heterocycles. The highest BCUT2D eigenvalue weighted by atomic mass is 79.9. The number of fused-ring (bicyclic) bond motifs is 1. The van der Waals surface area contributed by atoms with Crippen LogP contribution in [0.5, 0.6) is 0 Å². The number of pyridine rings is 2. The fraction of sp³-hybridized carbons (Fsp3) is 0.318. The average Bonchev–Trinajstić information content (AvgIpc) is 2.77. The van der Waals surface area contributed by atoms with Gasteiger partial charge in [-0.05, 0) is 69.5 Å². The van der Waals surface area contributed by atoms with Gasteiger partial charge in [0.05, 0.1) is 6.61 Å². The lowest BCUT2D eigenvalue weighted by Crippen LogP contribution is -2.14. The predicted octanol–water partition coefficient (Wildman–Crippen LogP) is 4.36. The number of nitrogen functional groups attached to an aromatic ring is 1. The quantitative estimate of drug-likeness (QED) is 0.358. The van der Waals surface area contributed by atoms with Crippen molar-refractivity contribution in [1.82, 2.24) is 14.4 Å². The lowest BCUT2D eigenvalue weighted by molar-refractivity contribution is -0.145. The van der Waals surface area contributed by atoms with E-state index < -0.39 is 5.97 Å². The van der Waals surface area contributed by atoms with Crippen LogP contribution in [-0.2, 0) is 20.7 Å². The second-order valence-electron chi connectivity index (χ2n) is 6.29. The van der Waals surface area contributed by atoms with Crippen molar-refractivity contribution in [3.8, 4) is 0 Å². The summed E-state index contributed by atoms with van der Waals surface area (Å²) in [5, 5.41) is 0. The molecule has 0 bridgehead atoms. The van der Waals surface area contributed by atoms with Crippen molar-refractivity contribution in [3.63, 3.8) is 0 Å². The summed E-state index contributed by atoms with van der Waals surface area (Å²) >= 11 is 6.54. The number of anilines is 1. The van der Waals surface area contributed by atoms with Crippen LogP contribution in [0.3, 0.4) is 0 Å². The van der Waals surface area contributed by atoms with Crippen LogP contribution >= 0.6 is 31.9 Å². The minimum absolute atomic E-state index is 0.0341. The molecule has 0 aliphatic rings. The zero-order valence-corrected chi connectivity index (χ0v) is 21.3. The number of nitrogens with two attached hydrogens (primary N) is 1. The summed E-state index contributed by atoms with van der Waals surface area (Å²) in [5.41, 5.74) is 6.78. The Bertz CT molecular complexity index is 1060. The molecule has 3 aromatic rings. The van der Waals surface area contributed by atoms with Crippen LogP contribution in [-0.4, -0.2) is 32.7 Å². The first-order valence-corrected chi connectivity index (χ1v) is 11.5. The van der Waals surface area contributed by atoms with Gasteiger partial charge in [0.25, 0.3) is 5.56 Å². The molecular formula is C22H26Br2N4O4. The summed E-state index contributed by atoms with van der Waals surface area (Å²) in [6.45, 7) is 5.77. The number of carbonyl (C=O) groups excluding carboxylic acids is 2. The van der Waals surface area contributed by atoms with E-state index in [1.54, 1.807) is 38.4 Å². The molecule has 0 fully saturated rings. The van der Waals surface area contributed by atoms with Crippen LogP contribution in [0.4, 0.5) is 5.82 Å². The number of rotatable bonds is 5. The van der Waals surface area contributed by atoms with Gasteiger partial charge in [-0.3, -0.25) is 18.8 Å². The molecule has 0 aromatic carbocycles.